The van der Waals surface area contributed by atoms with Crippen molar-refractivity contribution in [1.82, 2.24) is 14.8 Å². The Kier molecular flexibility index (Phi) is 5.50. The van der Waals surface area contributed by atoms with Gasteiger partial charge < -0.3 is 14.6 Å². The number of halogens is 1. The molecule has 0 radical (unpaired) electrons. The van der Waals surface area contributed by atoms with Crippen LogP contribution in [0.25, 0.3) is 5.69 Å². The molecule has 1 amide bonds. The Morgan fingerprint density at radius 3 is 2.56 bits per heavy atom. The minimum atomic E-state index is -0.271. The summed E-state index contributed by atoms with van der Waals surface area (Å²) in [7, 11) is 0. The van der Waals surface area contributed by atoms with Crippen LogP contribution in [-0.2, 0) is 4.74 Å². The number of aryl methyl sites for hydroxylation is 1. The normalized spacial score (nSPS) is 15.3. The molecule has 1 N–H and O–H groups in total. The van der Waals surface area contributed by atoms with Crippen molar-refractivity contribution in [1.29, 1.82) is 0 Å². The predicted molar refractivity (Wildman–Crippen MR) is 94.8 cm³/mol. The number of aromatic nitrogens is 1. The number of nitrogens with one attached hydrogen (secondary N) is 1. The number of hydrogen-bond acceptors (Lipinski definition) is 3. The van der Waals surface area contributed by atoms with Crippen molar-refractivity contribution in [2.75, 3.05) is 39.4 Å². The molecule has 25 heavy (non-hydrogen) atoms. The molecular weight excluding hydrogens is 321 g/mol. The van der Waals surface area contributed by atoms with Crippen molar-refractivity contribution >= 4 is 5.91 Å². The number of carbonyl (C=O) groups is 1. The molecule has 5 nitrogen and oxygen atoms in total. The van der Waals surface area contributed by atoms with E-state index < -0.39 is 0 Å². The first-order valence-electron chi connectivity index (χ1n) is 8.59. The van der Waals surface area contributed by atoms with E-state index in [2.05, 4.69) is 10.2 Å². The zero-order chi connectivity index (χ0) is 17.8. The number of carbonyl (C=O) groups excluding carboxylic acids is 1. The van der Waals surface area contributed by atoms with Gasteiger partial charge in [0.15, 0.2) is 0 Å². The lowest BCUT2D eigenvalue weighted by atomic mass is 10.2. The Balaban J connectivity index is 1.66. The van der Waals surface area contributed by atoms with Gasteiger partial charge in [-0.15, -0.1) is 0 Å². The molecule has 1 fully saturated rings. The Morgan fingerprint density at radius 2 is 1.88 bits per heavy atom. The molecule has 0 saturated carbocycles. The lowest BCUT2D eigenvalue weighted by Gasteiger charge is -2.26. The van der Waals surface area contributed by atoms with Gasteiger partial charge in [-0.3, -0.25) is 9.69 Å². The molecule has 134 valence electrons. The van der Waals surface area contributed by atoms with E-state index in [9.17, 15) is 9.18 Å². The average molecular weight is 345 g/mol. The number of morpholine rings is 1. The molecule has 1 aromatic heterocycles. The highest BCUT2D eigenvalue weighted by molar-refractivity contribution is 5.95. The van der Waals surface area contributed by atoms with Gasteiger partial charge in [0.2, 0.25) is 0 Å². The van der Waals surface area contributed by atoms with E-state index in [0.717, 1.165) is 49.9 Å². The van der Waals surface area contributed by atoms with Crippen LogP contribution in [0.2, 0.25) is 0 Å². The van der Waals surface area contributed by atoms with Crippen LogP contribution < -0.4 is 5.32 Å². The second-order valence-corrected chi connectivity index (χ2v) is 6.31. The minimum Gasteiger partial charge on any atom is -0.379 e. The highest BCUT2D eigenvalue weighted by atomic mass is 19.1. The number of ether oxygens (including phenoxy) is 1. The number of benzene rings is 1. The molecule has 0 aliphatic carbocycles. The van der Waals surface area contributed by atoms with E-state index in [-0.39, 0.29) is 11.7 Å². The number of nitrogens with zero attached hydrogens (tertiary/aromatic N) is 2. The molecule has 0 unspecified atom stereocenters. The van der Waals surface area contributed by atoms with Gasteiger partial charge in [0, 0.05) is 43.3 Å². The summed E-state index contributed by atoms with van der Waals surface area (Å²) in [4.78, 5) is 14.8. The van der Waals surface area contributed by atoms with Crippen molar-refractivity contribution < 1.29 is 13.9 Å². The molecule has 2 aromatic rings. The quantitative estimate of drug-likeness (QED) is 0.904. The van der Waals surface area contributed by atoms with Gasteiger partial charge >= 0.3 is 0 Å². The fourth-order valence-electron chi connectivity index (χ4n) is 3.23. The summed E-state index contributed by atoms with van der Waals surface area (Å²) in [6, 6.07) is 8.17. The van der Waals surface area contributed by atoms with Crippen LogP contribution in [0.5, 0.6) is 0 Å². The Bertz CT molecular complexity index is 734. The van der Waals surface area contributed by atoms with Crippen LogP contribution in [0.15, 0.2) is 30.3 Å². The first kappa shape index (κ1) is 17.6. The van der Waals surface area contributed by atoms with E-state index in [4.69, 9.17) is 4.74 Å². The third kappa shape index (κ3) is 4.08. The van der Waals surface area contributed by atoms with Gasteiger partial charge in [-0.1, -0.05) is 0 Å². The van der Waals surface area contributed by atoms with E-state index in [1.165, 1.54) is 12.1 Å². The van der Waals surface area contributed by atoms with E-state index >= 15 is 0 Å². The first-order chi connectivity index (χ1) is 12.1. The van der Waals surface area contributed by atoms with Crippen LogP contribution in [0.4, 0.5) is 4.39 Å². The van der Waals surface area contributed by atoms with Gasteiger partial charge in [0.25, 0.3) is 5.91 Å². The molecule has 2 heterocycles. The summed E-state index contributed by atoms with van der Waals surface area (Å²) in [5.74, 6) is -0.345. The van der Waals surface area contributed by atoms with Crippen LogP contribution in [-0.4, -0.2) is 54.8 Å². The summed E-state index contributed by atoms with van der Waals surface area (Å²) in [6.45, 7) is 8.63. The summed E-state index contributed by atoms with van der Waals surface area (Å²) in [5, 5.41) is 2.99. The third-order valence-corrected chi connectivity index (χ3v) is 4.58. The molecule has 6 heteroatoms. The second kappa shape index (κ2) is 7.80. The minimum absolute atomic E-state index is 0.0743. The zero-order valence-electron chi connectivity index (χ0n) is 14.7. The fourth-order valence-corrected chi connectivity index (χ4v) is 3.23. The smallest absolute Gasteiger partial charge is 0.253 e. The van der Waals surface area contributed by atoms with Crippen molar-refractivity contribution in [3.63, 3.8) is 0 Å². The molecule has 0 bridgehead atoms. The van der Waals surface area contributed by atoms with Gasteiger partial charge in [0.1, 0.15) is 5.82 Å². The number of rotatable bonds is 5. The SMILES string of the molecule is Cc1cc(C(=O)NCCN2CCOCC2)c(C)n1-c1ccc(F)cc1. The van der Waals surface area contributed by atoms with Gasteiger partial charge in [-0.2, -0.15) is 0 Å². The molecule has 0 atom stereocenters. The standard InChI is InChI=1S/C19H24FN3O2/c1-14-13-18(15(2)23(14)17-5-3-16(20)4-6-17)19(24)21-7-8-22-9-11-25-12-10-22/h3-6,13H,7-12H2,1-2H3,(H,21,24). The molecule has 3 rings (SSSR count). The summed E-state index contributed by atoms with van der Waals surface area (Å²) >= 11 is 0. The largest absolute Gasteiger partial charge is 0.379 e. The predicted octanol–water partition coefficient (Wildman–Crippen LogP) is 2.30. The van der Waals surface area contributed by atoms with Crippen molar-refractivity contribution in [2.24, 2.45) is 0 Å². The molecule has 1 aliphatic rings. The Hall–Kier alpha value is -2.18. The summed E-state index contributed by atoms with van der Waals surface area (Å²) in [5.41, 5.74) is 3.31. The molecule has 1 saturated heterocycles. The topological polar surface area (TPSA) is 46.5 Å². The zero-order valence-corrected chi connectivity index (χ0v) is 14.7. The molecule has 1 aliphatic heterocycles. The number of hydrogen-bond donors (Lipinski definition) is 1. The lowest BCUT2D eigenvalue weighted by molar-refractivity contribution is 0.0383. The van der Waals surface area contributed by atoms with E-state index in [0.29, 0.717) is 12.1 Å². The molecule has 0 spiro atoms. The lowest BCUT2D eigenvalue weighted by Crippen LogP contribution is -2.41. The first-order valence-corrected chi connectivity index (χ1v) is 8.59. The van der Waals surface area contributed by atoms with Crippen LogP contribution in [0.3, 0.4) is 0 Å². The van der Waals surface area contributed by atoms with Crippen molar-refractivity contribution in [3.8, 4) is 5.69 Å². The fraction of sp³-hybridized carbons (Fsp3) is 0.421. The second-order valence-electron chi connectivity index (χ2n) is 6.31. The maximum atomic E-state index is 13.1. The Labute approximate surface area is 147 Å². The highest BCUT2D eigenvalue weighted by Gasteiger charge is 2.17. The van der Waals surface area contributed by atoms with Gasteiger partial charge in [0.05, 0.1) is 18.8 Å². The maximum absolute atomic E-state index is 13.1. The van der Waals surface area contributed by atoms with Crippen LogP contribution in [0.1, 0.15) is 21.7 Å². The van der Waals surface area contributed by atoms with Crippen LogP contribution >= 0.6 is 0 Å². The van der Waals surface area contributed by atoms with E-state index in [1.54, 1.807) is 12.1 Å². The molecule has 1 aromatic carbocycles. The monoisotopic (exact) mass is 345 g/mol. The summed E-state index contributed by atoms with van der Waals surface area (Å²) < 4.78 is 20.4. The average Bonchev–Trinajstić information content (AvgIpc) is 2.91. The van der Waals surface area contributed by atoms with Crippen LogP contribution in [0, 0.1) is 19.7 Å². The summed E-state index contributed by atoms with van der Waals surface area (Å²) in [6.07, 6.45) is 0. The van der Waals surface area contributed by atoms with Crippen molar-refractivity contribution in [2.45, 2.75) is 13.8 Å². The molecular formula is C19H24FN3O2. The highest BCUT2D eigenvalue weighted by Crippen LogP contribution is 2.21. The van der Waals surface area contributed by atoms with Crippen molar-refractivity contribution in [3.05, 3.63) is 53.1 Å². The van der Waals surface area contributed by atoms with Gasteiger partial charge in [-0.25, -0.2) is 4.39 Å². The number of amides is 1. The third-order valence-electron chi connectivity index (χ3n) is 4.58. The maximum Gasteiger partial charge on any atom is 0.253 e. The Morgan fingerprint density at radius 1 is 1.20 bits per heavy atom. The van der Waals surface area contributed by atoms with Gasteiger partial charge in [-0.05, 0) is 44.2 Å². The van der Waals surface area contributed by atoms with E-state index in [1.807, 2.05) is 24.5 Å².